The van der Waals surface area contributed by atoms with Crippen molar-refractivity contribution >= 4 is 35.0 Å². The molecule has 33 heavy (non-hydrogen) atoms. The highest BCUT2D eigenvalue weighted by Crippen LogP contribution is 2.38. The van der Waals surface area contributed by atoms with Crippen LogP contribution >= 0.6 is 23.4 Å². The number of hydrogen-bond acceptors (Lipinski definition) is 7. The molecule has 0 spiro atoms. The van der Waals surface area contributed by atoms with Gasteiger partial charge in [-0.05, 0) is 55.3 Å². The van der Waals surface area contributed by atoms with Crippen molar-refractivity contribution in [3.63, 3.8) is 0 Å². The second kappa shape index (κ2) is 10.6. The smallest absolute Gasteiger partial charge is 0.313 e. The normalized spacial score (nSPS) is 19.9. The van der Waals surface area contributed by atoms with Crippen LogP contribution in [0.1, 0.15) is 29.6 Å². The molecule has 0 aliphatic carbocycles. The van der Waals surface area contributed by atoms with Gasteiger partial charge in [0, 0.05) is 41.6 Å². The number of nitrogens with zero attached hydrogens (tertiary/aromatic N) is 2. The number of halogens is 1. The number of ether oxygens (including phenoxy) is 3. The second-order valence-electron chi connectivity index (χ2n) is 7.95. The third-order valence-electron chi connectivity index (χ3n) is 5.78. The number of carbonyl (C=O) groups excluding carboxylic acids is 1. The van der Waals surface area contributed by atoms with E-state index in [1.807, 2.05) is 16.7 Å². The molecule has 0 bridgehead atoms. The Morgan fingerprint density at radius 2 is 2.06 bits per heavy atom. The summed E-state index contributed by atoms with van der Waals surface area (Å²) in [6.07, 6.45) is 3.00. The molecule has 1 amide bonds. The first-order valence-corrected chi connectivity index (χ1v) is 12.3. The SMILES string of the molecule is COc1cc(C(=O)N(CC2CCCO2)C2CCSC2)ccc1Oc1ccc(Cl)cc1[N+](=O)[O-]. The van der Waals surface area contributed by atoms with Gasteiger partial charge in [-0.2, -0.15) is 11.8 Å². The fraction of sp³-hybridized carbons (Fsp3) is 0.435. The lowest BCUT2D eigenvalue weighted by molar-refractivity contribution is -0.385. The summed E-state index contributed by atoms with van der Waals surface area (Å²) < 4.78 is 17.0. The summed E-state index contributed by atoms with van der Waals surface area (Å²) in [5, 5.41) is 11.6. The number of rotatable bonds is 8. The minimum absolute atomic E-state index is 0.0322. The summed E-state index contributed by atoms with van der Waals surface area (Å²) >= 11 is 7.74. The largest absolute Gasteiger partial charge is 0.493 e. The summed E-state index contributed by atoms with van der Waals surface area (Å²) in [4.78, 5) is 26.2. The Bertz CT molecular complexity index is 1020. The van der Waals surface area contributed by atoms with Crippen LogP contribution in [-0.4, -0.2) is 59.6 Å². The summed E-state index contributed by atoms with van der Waals surface area (Å²) in [5.74, 6) is 2.47. The van der Waals surface area contributed by atoms with E-state index in [1.165, 1.54) is 25.3 Å². The van der Waals surface area contributed by atoms with Gasteiger partial charge in [-0.1, -0.05) is 11.6 Å². The molecule has 4 rings (SSSR count). The van der Waals surface area contributed by atoms with Gasteiger partial charge >= 0.3 is 5.69 Å². The van der Waals surface area contributed by atoms with Gasteiger partial charge < -0.3 is 19.1 Å². The van der Waals surface area contributed by atoms with Gasteiger partial charge in [-0.15, -0.1) is 0 Å². The van der Waals surface area contributed by atoms with Crippen molar-refractivity contribution in [2.45, 2.75) is 31.4 Å². The van der Waals surface area contributed by atoms with Crippen LogP contribution in [0.3, 0.4) is 0 Å². The molecule has 0 saturated carbocycles. The zero-order valence-electron chi connectivity index (χ0n) is 18.2. The van der Waals surface area contributed by atoms with Crippen LogP contribution < -0.4 is 9.47 Å². The fourth-order valence-corrected chi connectivity index (χ4v) is 5.45. The Kier molecular flexibility index (Phi) is 7.62. The number of nitro benzene ring substituents is 1. The van der Waals surface area contributed by atoms with Gasteiger partial charge in [0.2, 0.25) is 5.75 Å². The summed E-state index contributed by atoms with van der Waals surface area (Å²) in [6, 6.07) is 9.21. The molecule has 2 fully saturated rings. The third-order valence-corrected chi connectivity index (χ3v) is 7.16. The van der Waals surface area contributed by atoms with E-state index in [9.17, 15) is 14.9 Å². The first kappa shape index (κ1) is 23.7. The van der Waals surface area contributed by atoms with Gasteiger partial charge in [0.05, 0.1) is 18.1 Å². The molecule has 2 aliphatic rings. The highest BCUT2D eigenvalue weighted by molar-refractivity contribution is 7.99. The van der Waals surface area contributed by atoms with E-state index in [0.29, 0.717) is 17.9 Å². The molecule has 2 atom stereocenters. The molecule has 2 aromatic carbocycles. The molecule has 2 heterocycles. The predicted octanol–water partition coefficient (Wildman–Crippen LogP) is 5.18. The topological polar surface area (TPSA) is 91.1 Å². The molecule has 10 heteroatoms. The van der Waals surface area contributed by atoms with E-state index in [0.717, 1.165) is 37.4 Å². The van der Waals surface area contributed by atoms with Crippen LogP contribution in [0.4, 0.5) is 5.69 Å². The molecule has 176 valence electrons. The first-order valence-electron chi connectivity index (χ1n) is 10.8. The standard InChI is InChI=1S/C23H25ClN2O6S/c1-30-22-11-15(4-6-21(22)32-20-7-5-16(24)12-19(20)26(28)29)23(27)25(17-8-10-33-14-17)13-18-3-2-9-31-18/h4-7,11-12,17-18H,2-3,8-10,13-14H2,1H3. The average Bonchev–Trinajstić information content (AvgIpc) is 3.52. The highest BCUT2D eigenvalue weighted by Gasteiger charge is 2.31. The monoisotopic (exact) mass is 492 g/mol. The summed E-state index contributed by atoms with van der Waals surface area (Å²) in [7, 11) is 1.46. The maximum atomic E-state index is 13.5. The Balaban J connectivity index is 1.58. The number of nitro groups is 1. The van der Waals surface area contributed by atoms with Crippen molar-refractivity contribution in [2.24, 2.45) is 0 Å². The Hall–Kier alpha value is -2.49. The lowest BCUT2D eigenvalue weighted by atomic mass is 10.1. The van der Waals surface area contributed by atoms with E-state index in [-0.39, 0.29) is 40.3 Å². The number of thioether (sulfide) groups is 1. The molecular weight excluding hydrogens is 468 g/mol. The Labute approximate surface area is 201 Å². The Morgan fingerprint density at radius 1 is 1.24 bits per heavy atom. The van der Waals surface area contributed by atoms with Crippen molar-refractivity contribution in [1.29, 1.82) is 0 Å². The van der Waals surface area contributed by atoms with Gasteiger partial charge in [0.15, 0.2) is 11.5 Å². The lowest BCUT2D eigenvalue weighted by Gasteiger charge is -2.31. The number of amides is 1. The molecule has 2 unspecified atom stereocenters. The summed E-state index contributed by atoms with van der Waals surface area (Å²) in [6.45, 7) is 1.31. The fourth-order valence-electron chi connectivity index (χ4n) is 4.06. The quantitative estimate of drug-likeness (QED) is 0.370. The van der Waals surface area contributed by atoms with Crippen LogP contribution in [0, 0.1) is 10.1 Å². The van der Waals surface area contributed by atoms with Crippen molar-refractivity contribution in [3.8, 4) is 17.2 Å². The van der Waals surface area contributed by atoms with Crippen LogP contribution in [0.5, 0.6) is 17.2 Å². The van der Waals surface area contributed by atoms with E-state index in [1.54, 1.807) is 18.2 Å². The lowest BCUT2D eigenvalue weighted by Crippen LogP contribution is -2.44. The minimum Gasteiger partial charge on any atom is -0.493 e. The number of methoxy groups -OCH3 is 1. The molecule has 0 N–H and O–H groups in total. The molecule has 8 nitrogen and oxygen atoms in total. The molecular formula is C23H25ClN2O6S. The van der Waals surface area contributed by atoms with Crippen molar-refractivity contribution in [2.75, 3.05) is 31.8 Å². The maximum absolute atomic E-state index is 13.5. The number of hydrogen-bond donors (Lipinski definition) is 0. The minimum atomic E-state index is -0.561. The van der Waals surface area contributed by atoms with Crippen LogP contribution in [0.15, 0.2) is 36.4 Å². The zero-order chi connectivity index (χ0) is 23.4. The maximum Gasteiger partial charge on any atom is 0.313 e. The number of benzene rings is 2. The van der Waals surface area contributed by atoms with E-state index >= 15 is 0 Å². The average molecular weight is 493 g/mol. The van der Waals surface area contributed by atoms with Gasteiger partial charge in [0.1, 0.15) is 0 Å². The third kappa shape index (κ3) is 5.54. The van der Waals surface area contributed by atoms with Gasteiger partial charge in [-0.25, -0.2) is 0 Å². The van der Waals surface area contributed by atoms with Gasteiger partial charge in [0.25, 0.3) is 5.91 Å². The van der Waals surface area contributed by atoms with Gasteiger partial charge in [-0.3, -0.25) is 14.9 Å². The van der Waals surface area contributed by atoms with Crippen LogP contribution in [0.25, 0.3) is 0 Å². The van der Waals surface area contributed by atoms with Crippen LogP contribution in [-0.2, 0) is 4.74 Å². The highest BCUT2D eigenvalue weighted by atomic mass is 35.5. The van der Waals surface area contributed by atoms with E-state index in [4.69, 9.17) is 25.8 Å². The second-order valence-corrected chi connectivity index (χ2v) is 9.53. The summed E-state index contributed by atoms with van der Waals surface area (Å²) in [5.41, 5.74) is 0.214. The first-order chi connectivity index (χ1) is 16.0. The van der Waals surface area contributed by atoms with E-state index in [2.05, 4.69) is 0 Å². The molecule has 0 aromatic heterocycles. The predicted molar refractivity (Wildman–Crippen MR) is 127 cm³/mol. The number of carbonyl (C=O) groups is 1. The van der Waals surface area contributed by atoms with Crippen LogP contribution in [0.2, 0.25) is 5.02 Å². The van der Waals surface area contributed by atoms with Crippen molar-refractivity contribution in [1.82, 2.24) is 4.90 Å². The molecule has 2 aliphatic heterocycles. The molecule has 2 saturated heterocycles. The Morgan fingerprint density at radius 3 is 2.73 bits per heavy atom. The van der Waals surface area contributed by atoms with E-state index < -0.39 is 4.92 Å². The zero-order valence-corrected chi connectivity index (χ0v) is 19.8. The molecule has 0 radical (unpaired) electrons. The van der Waals surface area contributed by atoms with Crippen molar-refractivity contribution < 1.29 is 23.9 Å². The molecule has 2 aromatic rings. The van der Waals surface area contributed by atoms with Crippen molar-refractivity contribution in [3.05, 3.63) is 57.1 Å².